The first kappa shape index (κ1) is 18.9. The van der Waals surface area contributed by atoms with Crippen LogP contribution in [-0.2, 0) is 16.0 Å². The van der Waals surface area contributed by atoms with Gasteiger partial charge in [-0.15, -0.1) is 10.2 Å². The number of carbonyl (C=O) groups excluding carboxylic acids is 2. The van der Waals surface area contributed by atoms with Crippen LogP contribution >= 0.6 is 11.3 Å². The number of hydrogen-bond donors (Lipinski definition) is 1. The van der Waals surface area contributed by atoms with Crippen LogP contribution in [0.2, 0.25) is 0 Å². The second-order valence-electron chi connectivity index (χ2n) is 7.40. The van der Waals surface area contributed by atoms with Crippen LogP contribution < -0.4 is 10.1 Å². The summed E-state index contributed by atoms with van der Waals surface area (Å²) in [5, 5.41) is 12.4. The van der Waals surface area contributed by atoms with Crippen molar-refractivity contribution in [3.63, 3.8) is 0 Å². The summed E-state index contributed by atoms with van der Waals surface area (Å²) in [5.74, 6) is 0.472. The quantitative estimate of drug-likeness (QED) is 0.806. The number of nitrogens with zero attached hydrogens (tertiary/aromatic N) is 3. The topological polar surface area (TPSA) is 84.4 Å². The number of anilines is 1. The van der Waals surface area contributed by atoms with Gasteiger partial charge in [-0.1, -0.05) is 36.3 Å². The molecule has 1 aliphatic carbocycles. The zero-order valence-corrected chi connectivity index (χ0v) is 16.7. The lowest BCUT2D eigenvalue weighted by Crippen LogP contribution is -2.35. The fraction of sp³-hybridized carbons (Fsp3) is 0.500. The predicted octanol–water partition coefficient (Wildman–Crippen LogP) is 2.87. The number of hydrogen-bond acceptors (Lipinski definition) is 6. The van der Waals surface area contributed by atoms with Crippen LogP contribution in [0, 0.1) is 5.92 Å². The highest BCUT2D eigenvalue weighted by Gasteiger charge is 2.38. The lowest BCUT2D eigenvalue weighted by molar-refractivity contribution is -0.129. The van der Waals surface area contributed by atoms with Gasteiger partial charge in [0.15, 0.2) is 0 Å². The first-order valence-corrected chi connectivity index (χ1v) is 10.5. The Bertz CT molecular complexity index is 845. The highest BCUT2D eigenvalue weighted by molar-refractivity contribution is 7.15. The molecule has 28 heavy (non-hydrogen) atoms. The van der Waals surface area contributed by atoms with Gasteiger partial charge in [0.1, 0.15) is 10.8 Å². The average Bonchev–Trinajstić information content (AvgIpc) is 3.44. The molecule has 1 aromatic heterocycles. The molecule has 8 heteroatoms. The number of likely N-dealkylation sites (tertiary alicyclic amines) is 1. The van der Waals surface area contributed by atoms with Crippen LogP contribution in [0.25, 0.3) is 0 Å². The Labute approximate surface area is 168 Å². The van der Waals surface area contributed by atoms with E-state index in [1.165, 1.54) is 24.2 Å². The molecule has 2 amide bonds. The lowest BCUT2D eigenvalue weighted by Gasteiger charge is -2.23. The van der Waals surface area contributed by atoms with Gasteiger partial charge in [-0.05, 0) is 30.5 Å². The summed E-state index contributed by atoms with van der Waals surface area (Å²) < 4.78 is 5.16. The second kappa shape index (κ2) is 8.26. The van der Waals surface area contributed by atoms with Gasteiger partial charge >= 0.3 is 0 Å². The molecule has 0 spiro atoms. The van der Waals surface area contributed by atoms with Crippen molar-refractivity contribution in [2.24, 2.45) is 5.92 Å². The molecule has 2 heterocycles. The molecular formula is C20H24N4O3S. The van der Waals surface area contributed by atoms with Gasteiger partial charge in [0, 0.05) is 25.4 Å². The Morgan fingerprint density at radius 2 is 2.00 bits per heavy atom. The Hall–Kier alpha value is -2.48. The van der Waals surface area contributed by atoms with Crippen molar-refractivity contribution in [2.75, 3.05) is 19.0 Å². The van der Waals surface area contributed by atoms with E-state index in [-0.39, 0.29) is 17.7 Å². The van der Waals surface area contributed by atoms with Crippen molar-refractivity contribution >= 4 is 28.3 Å². The van der Waals surface area contributed by atoms with Crippen LogP contribution in [0.15, 0.2) is 24.3 Å². The first-order valence-electron chi connectivity index (χ1n) is 9.68. The third kappa shape index (κ3) is 4.16. The molecule has 1 aromatic carbocycles. The maximum absolute atomic E-state index is 12.6. The maximum atomic E-state index is 12.6. The first-order chi connectivity index (χ1) is 13.6. The fourth-order valence-electron chi connectivity index (χ4n) is 3.98. The molecule has 1 unspecified atom stereocenters. The Kier molecular flexibility index (Phi) is 5.57. The summed E-state index contributed by atoms with van der Waals surface area (Å²) in [4.78, 5) is 26.8. The lowest BCUT2D eigenvalue weighted by atomic mass is 10.1. The molecular weight excluding hydrogens is 376 g/mol. The van der Waals surface area contributed by atoms with Gasteiger partial charge in [0.05, 0.1) is 13.0 Å². The van der Waals surface area contributed by atoms with Gasteiger partial charge in [-0.2, -0.15) is 0 Å². The summed E-state index contributed by atoms with van der Waals surface area (Å²) in [7, 11) is 1.64. The minimum atomic E-state index is -0.304. The number of amides is 2. The fourth-order valence-corrected chi connectivity index (χ4v) is 4.75. The van der Waals surface area contributed by atoms with Crippen molar-refractivity contribution in [1.82, 2.24) is 15.1 Å². The summed E-state index contributed by atoms with van der Waals surface area (Å²) in [6.45, 7) is 0.521. The smallest absolute Gasteiger partial charge is 0.231 e. The van der Waals surface area contributed by atoms with Gasteiger partial charge in [0.25, 0.3) is 0 Å². The molecule has 0 radical (unpaired) electrons. The van der Waals surface area contributed by atoms with Crippen LogP contribution in [-0.4, -0.2) is 46.6 Å². The third-order valence-corrected chi connectivity index (χ3v) is 6.34. The van der Waals surface area contributed by atoms with E-state index in [9.17, 15) is 9.59 Å². The predicted molar refractivity (Wildman–Crippen MR) is 106 cm³/mol. The zero-order chi connectivity index (χ0) is 19.5. The van der Waals surface area contributed by atoms with Crippen LogP contribution in [0.4, 0.5) is 5.13 Å². The second-order valence-corrected chi connectivity index (χ2v) is 8.46. The Morgan fingerprint density at radius 1 is 1.25 bits per heavy atom. The molecule has 7 nitrogen and oxygen atoms in total. The number of methoxy groups -OCH3 is 1. The number of aromatic nitrogens is 2. The molecule has 4 rings (SSSR count). The number of nitrogens with one attached hydrogen (secondary N) is 1. The molecule has 0 bridgehead atoms. The van der Waals surface area contributed by atoms with E-state index in [4.69, 9.17) is 4.74 Å². The van der Waals surface area contributed by atoms with Crippen molar-refractivity contribution in [3.8, 4) is 5.75 Å². The normalized spacial score (nSPS) is 20.0. The number of ether oxygens (including phenoxy) is 1. The molecule has 1 saturated heterocycles. The van der Waals surface area contributed by atoms with Gasteiger partial charge in [0.2, 0.25) is 16.9 Å². The monoisotopic (exact) mass is 400 g/mol. The van der Waals surface area contributed by atoms with Gasteiger partial charge in [-0.3, -0.25) is 9.59 Å². The van der Waals surface area contributed by atoms with Crippen LogP contribution in [0.5, 0.6) is 5.75 Å². The van der Waals surface area contributed by atoms with E-state index in [0.717, 1.165) is 29.2 Å². The number of rotatable bonds is 6. The van der Waals surface area contributed by atoms with Crippen molar-refractivity contribution in [2.45, 2.75) is 44.6 Å². The molecule has 1 aliphatic heterocycles. The minimum Gasteiger partial charge on any atom is -0.497 e. The van der Waals surface area contributed by atoms with E-state index in [2.05, 4.69) is 15.5 Å². The maximum Gasteiger partial charge on any atom is 0.231 e. The van der Waals surface area contributed by atoms with Crippen LogP contribution in [0.1, 0.15) is 42.7 Å². The SMILES string of the molecule is COc1ccc(Cc2nnc(NC(=O)C3CC(=O)N(C4CCCC4)C3)s2)cc1. The summed E-state index contributed by atoms with van der Waals surface area (Å²) in [6.07, 6.45) is 5.41. The van der Waals surface area contributed by atoms with Crippen molar-refractivity contribution in [1.29, 1.82) is 0 Å². The number of carbonyl (C=O) groups is 2. The Balaban J connectivity index is 1.33. The standard InChI is InChI=1S/C20H24N4O3S/c1-27-16-8-6-13(7-9-16)10-17-22-23-20(28-17)21-19(26)14-11-18(25)24(12-14)15-4-2-3-5-15/h6-9,14-15H,2-5,10-12H2,1H3,(H,21,23,26). The van der Waals surface area contributed by atoms with Crippen molar-refractivity contribution in [3.05, 3.63) is 34.8 Å². The molecule has 2 fully saturated rings. The summed E-state index contributed by atoms with van der Waals surface area (Å²) in [6, 6.07) is 8.11. The van der Waals surface area contributed by atoms with Crippen molar-refractivity contribution < 1.29 is 14.3 Å². The third-order valence-electron chi connectivity index (χ3n) is 5.51. The Morgan fingerprint density at radius 3 is 2.71 bits per heavy atom. The molecule has 1 N–H and O–H groups in total. The van der Waals surface area contributed by atoms with E-state index in [1.54, 1.807) is 7.11 Å². The van der Waals surface area contributed by atoms with E-state index in [1.807, 2.05) is 29.2 Å². The number of benzene rings is 1. The summed E-state index contributed by atoms with van der Waals surface area (Å²) >= 11 is 1.37. The molecule has 2 aliphatic rings. The van der Waals surface area contributed by atoms with E-state index in [0.29, 0.717) is 30.6 Å². The van der Waals surface area contributed by atoms with Crippen LogP contribution in [0.3, 0.4) is 0 Å². The summed E-state index contributed by atoms with van der Waals surface area (Å²) in [5.41, 5.74) is 1.10. The largest absolute Gasteiger partial charge is 0.497 e. The van der Waals surface area contributed by atoms with Gasteiger partial charge < -0.3 is 15.0 Å². The molecule has 148 valence electrons. The van der Waals surface area contributed by atoms with E-state index >= 15 is 0 Å². The highest BCUT2D eigenvalue weighted by atomic mass is 32.1. The zero-order valence-electron chi connectivity index (χ0n) is 15.9. The molecule has 1 saturated carbocycles. The molecule has 2 aromatic rings. The average molecular weight is 401 g/mol. The van der Waals surface area contributed by atoms with Gasteiger partial charge in [-0.25, -0.2) is 0 Å². The van der Waals surface area contributed by atoms with E-state index < -0.39 is 0 Å². The minimum absolute atomic E-state index is 0.101. The highest BCUT2D eigenvalue weighted by Crippen LogP contribution is 2.30. The molecule has 1 atom stereocenters.